The van der Waals surface area contributed by atoms with Gasteiger partial charge in [-0.1, -0.05) is 48.1 Å². The van der Waals surface area contributed by atoms with Crippen LogP contribution < -0.4 is 10.4 Å². The molecule has 0 saturated heterocycles. The molecule has 0 aliphatic rings. The summed E-state index contributed by atoms with van der Waals surface area (Å²) in [6.45, 7) is 3.54. The smallest absolute Gasteiger partial charge is 0.342 e. The summed E-state index contributed by atoms with van der Waals surface area (Å²) in [4.78, 5) is 14.8. The average Bonchev–Trinajstić information content (AvgIpc) is 3.01. The van der Waals surface area contributed by atoms with Gasteiger partial charge in [-0.25, -0.2) is 4.79 Å². The molecule has 0 aromatic carbocycles. The van der Waals surface area contributed by atoms with Crippen molar-refractivity contribution in [2.45, 2.75) is 13.8 Å². The molecule has 4 nitrogen and oxygen atoms in total. The molecule has 1 N–H and O–H groups in total. The maximum absolute atomic E-state index is 11.8. The summed E-state index contributed by atoms with van der Waals surface area (Å²) in [5, 5.41) is 0.689. The SMILES string of the molecule is COc1cc(\C(C)=C/C=C/C=C/C=C/c2[nH]ccc2Cl)oc(=O)c1C. The molecule has 2 aromatic rings. The Labute approximate surface area is 151 Å². The van der Waals surface area contributed by atoms with E-state index in [4.69, 9.17) is 20.8 Å². The quantitative estimate of drug-likeness (QED) is 0.726. The van der Waals surface area contributed by atoms with E-state index in [-0.39, 0.29) is 5.63 Å². The Bertz CT molecular complexity index is 898. The van der Waals surface area contributed by atoms with Crippen LogP contribution in [-0.4, -0.2) is 12.1 Å². The van der Waals surface area contributed by atoms with E-state index in [0.717, 1.165) is 11.3 Å². The van der Waals surface area contributed by atoms with E-state index in [1.54, 1.807) is 25.3 Å². The van der Waals surface area contributed by atoms with E-state index in [1.807, 2.05) is 49.5 Å². The summed E-state index contributed by atoms with van der Waals surface area (Å²) in [6.07, 6.45) is 15.0. The van der Waals surface area contributed by atoms with Gasteiger partial charge in [0.15, 0.2) is 0 Å². The molecule has 0 aliphatic heterocycles. The Hall–Kier alpha value is -2.72. The van der Waals surface area contributed by atoms with Gasteiger partial charge in [-0.2, -0.15) is 0 Å². The molecule has 0 atom stereocenters. The minimum absolute atomic E-state index is 0.390. The van der Waals surface area contributed by atoms with Crippen molar-refractivity contribution in [2.75, 3.05) is 7.11 Å². The number of nitrogens with one attached hydrogen (secondary N) is 1. The first-order valence-corrected chi connectivity index (χ1v) is 8.11. The minimum Gasteiger partial charge on any atom is -0.496 e. The fourth-order valence-corrected chi connectivity index (χ4v) is 2.24. The molecule has 0 radical (unpaired) electrons. The first-order chi connectivity index (χ1) is 12.0. The number of hydrogen-bond acceptors (Lipinski definition) is 3. The Morgan fingerprint density at radius 2 is 1.96 bits per heavy atom. The maximum atomic E-state index is 11.8. The van der Waals surface area contributed by atoms with Crippen LogP contribution >= 0.6 is 11.6 Å². The van der Waals surface area contributed by atoms with E-state index in [0.29, 0.717) is 22.1 Å². The molecule has 130 valence electrons. The lowest BCUT2D eigenvalue weighted by molar-refractivity contribution is 0.395. The van der Waals surface area contributed by atoms with Gasteiger partial charge in [0.25, 0.3) is 0 Å². The van der Waals surface area contributed by atoms with Crippen molar-refractivity contribution in [1.29, 1.82) is 0 Å². The molecule has 0 saturated carbocycles. The Balaban J connectivity index is 2.01. The molecule has 0 spiro atoms. The van der Waals surface area contributed by atoms with Crippen LogP contribution in [0.15, 0.2) is 64.0 Å². The van der Waals surface area contributed by atoms with Crippen LogP contribution in [0.3, 0.4) is 0 Å². The van der Waals surface area contributed by atoms with E-state index in [1.165, 1.54) is 7.11 Å². The van der Waals surface area contributed by atoms with Crippen LogP contribution in [0.1, 0.15) is 23.9 Å². The molecule has 2 aromatic heterocycles. The van der Waals surface area contributed by atoms with Gasteiger partial charge in [-0.05, 0) is 31.6 Å². The van der Waals surface area contributed by atoms with Gasteiger partial charge in [0.1, 0.15) is 11.5 Å². The molecule has 0 fully saturated rings. The number of H-pyrrole nitrogens is 1. The van der Waals surface area contributed by atoms with E-state index in [2.05, 4.69) is 4.98 Å². The zero-order chi connectivity index (χ0) is 18.2. The van der Waals surface area contributed by atoms with Gasteiger partial charge in [0, 0.05) is 12.3 Å². The molecule has 0 amide bonds. The van der Waals surface area contributed by atoms with Gasteiger partial charge in [-0.3, -0.25) is 0 Å². The predicted octanol–water partition coefficient (Wildman–Crippen LogP) is 5.17. The van der Waals surface area contributed by atoms with Crippen molar-refractivity contribution in [3.8, 4) is 5.75 Å². The standard InChI is InChI=1S/C20H20ClNO3/c1-14(18-13-19(24-3)15(2)20(23)25-18)9-7-5-4-6-8-10-17-16(21)11-12-22-17/h4-13,22H,1-3H3/b6-4+,7-5+,10-8+,14-9-. The third kappa shape index (κ3) is 5.13. The Morgan fingerprint density at radius 1 is 1.24 bits per heavy atom. The summed E-state index contributed by atoms with van der Waals surface area (Å²) >= 11 is 5.97. The fraction of sp³-hybridized carbons (Fsp3) is 0.150. The van der Waals surface area contributed by atoms with Crippen LogP contribution in [0.4, 0.5) is 0 Å². The summed E-state index contributed by atoms with van der Waals surface area (Å²) in [5.41, 5.74) is 1.77. The van der Waals surface area contributed by atoms with Gasteiger partial charge < -0.3 is 14.1 Å². The predicted molar refractivity (Wildman–Crippen MR) is 103 cm³/mol. The van der Waals surface area contributed by atoms with E-state index < -0.39 is 0 Å². The highest BCUT2D eigenvalue weighted by Gasteiger charge is 2.08. The summed E-state index contributed by atoms with van der Waals surface area (Å²) in [5.74, 6) is 1.01. The molecule has 0 aliphatic carbocycles. The topological polar surface area (TPSA) is 55.2 Å². The van der Waals surface area contributed by atoms with Gasteiger partial charge in [-0.15, -0.1) is 0 Å². The summed E-state index contributed by atoms with van der Waals surface area (Å²) < 4.78 is 10.5. The van der Waals surface area contributed by atoms with Crippen molar-refractivity contribution < 1.29 is 9.15 Å². The number of aromatic nitrogens is 1. The van der Waals surface area contributed by atoms with Crippen molar-refractivity contribution in [2.24, 2.45) is 0 Å². The third-order valence-corrected chi connectivity index (χ3v) is 3.86. The van der Waals surface area contributed by atoms with E-state index in [9.17, 15) is 4.79 Å². The Kier molecular flexibility index (Phi) is 6.66. The molecule has 0 unspecified atom stereocenters. The van der Waals surface area contributed by atoms with Gasteiger partial charge in [0.05, 0.1) is 23.4 Å². The minimum atomic E-state index is -0.390. The molecule has 2 heterocycles. The first-order valence-electron chi connectivity index (χ1n) is 7.73. The number of hydrogen-bond donors (Lipinski definition) is 1. The normalized spacial score (nSPS) is 12.7. The average molecular weight is 358 g/mol. The lowest BCUT2D eigenvalue weighted by Gasteiger charge is -2.05. The molecule has 25 heavy (non-hydrogen) atoms. The largest absolute Gasteiger partial charge is 0.496 e. The lowest BCUT2D eigenvalue weighted by Crippen LogP contribution is -2.06. The third-order valence-electron chi connectivity index (χ3n) is 3.53. The Morgan fingerprint density at radius 3 is 2.64 bits per heavy atom. The first kappa shape index (κ1) is 18.6. The fourth-order valence-electron chi connectivity index (χ4n) is 2.06. The van der Waals surface area contributed by atoms with Crippen molar-refractivity contribution in [3.05, 3.63) is 87.2 Å². The zero-order valence-corrected chi connectivity index (χ0v) is 15.1. The number of ether oxygens (including phenoxy) is 1. The molecule has 5 heteroatoms. The zero-order valence-electron chi connectivity index (χ0n) is 14.4. The summed E-state index contributed by atoms with van der Waals surface area (Å²) in [6, 6.07) is 3.52. The highest BCUT2D eigenvalue weighted by molar-refractivity contribution is 6.31. The van der Waals surface area contributed by atoms with Crippen LogP contribution in [0.25, 0.3) is 11.6 Å². The second kappa shape index (κ2) is 8.94. The lowest BCUT2D eigenvalue weighted by atomic mass is 10.1. The van der Waals surface area contributed by atoms with E-state index >= 15 is 0 Å². The van der Waals surface area contributed by atoms with Crippen molar-refractivity contribution >= 4 is 23.3 Å². The van der Waals surface area contributed by atoms with Gasteiger partial charge in [0.2, 0.25) is 0 Å². The van der Waals surface area contributed by atoms with Gasteiger partial charge >= 0.3 is 5.63 Å². The number of halogens is 1. The monoisotopic (exact) mass is 357 g/mol. The van der Waals surface area contributed by atoms with Crippen molar-refractivity contribution in [3.63, 3.8) is 0 Å². The number of rotatable bonds is 6. The molecular weight excluding hydrogens is 338 g/mol. The molecular formula is C20H20ClNO3. The maximum Gasteiger partial charge on any atom is 0.342 e. The number of methoxy groups -OCH3 is 1. The second-order valence-electron chi connectivity index (χ2n) is 5.31. The second-order valence-corrected chi connectivity index (χ2v) is 5.72. The number of allylic oxidation sites excluding steroid dienone is 7. The highest BCUT2D eigenvalue weighted by Crippen LogP contribution is 2.20. The summed E-state index contributed by atoms with van der Waals surface area (Å²) in [7, 11) is 1.53. The van der Waals surface area contributed by atoms with Crippen LogP contribution in [0.5, 0.6) is 5.75 Å². The molecule has 0 bridgehead atoms. The highest BCUT2D eigenvalue weighted by atomic mass is 35.5. The van der Waals surface area contributed by atoms with Crippen molar-refractivity contribution in [1.82, 2.24) is 4.98 Å². The van der Waals surface area contributed by atoms with Crippen LogP contribution in [0, 0.1) is 6.92 Å². The van der Waals surface area contributed by atoms with Crippen LogP contribution in [-0.2, 0) is 0 Å². The molecule has 2 rings (SSSR count). The number of aromatic amines is 1. The van der Waals surface area contributed by atoms with Crippen LogP contribution in [0.2, 0.25) is 5.02 Å².